The Balaban J connectivity index is 1.88. The predicted molar refractivity (Wildman–Crippen MR) is 117 cm³/mol. The summed E-state index contributed by atoms with van der Waals surface area (Å²) in [7, 11) is 0. The maximum absolute atomic E-state index is 12.5. The molecule has 0 unspecified atom stereocenters. The lowest BCUT2D eigenvalue weighted by Crippen LogP contribution is -2.31. The monoisotopic (exact) mass is 476 g/mol. The van der Waals surface area contributed by atoms with Crippen molar-refractivity contribution >= 4 is 33.1 Å². The van der Waals surface area contributed by atoms with Gasteiger partial charge in [-0.05, 0) is 30.5 Å². The van der Waals surface area contributed by atoms with Crippen LogP contribution in [0.1, 0.15) is 44.5 Å². The van der Waals surface area contributed by atoms with Crippen molar-refractivity contribution in [3.63, 3.8) is 0 Å². The van der Waals surface area contributed by atoms with Gasteiger partial charge in [-0.25, -0.2) is 9.78 Å². The number of hydrogen-bond acceptors (Lipinski definition) is 5. The first kappa shape index (κ1) is 22.0. The molecule has 1 N–H and O–H groups in total. The lowest BCUT2D eigenvalue weighted by atomic mass is 10.2. The van der Waals surface area contributed by atoms with Crippen LogP contribution in [0.2, 0.25) is 0 Å². The van der Waals surface area contributed by atoms with Gasteiger partial charge in [0.2, 0.25) is 0 Å². The van der Waals surface area contributed by atoms with Gasteiger partial charge >= 0.3 is 11.7 Å². The van der Waals surface area contributed by atoms with E-state index in [1.165, 1.54) is 4.57 Å². The minimum absolute atomic E-state index is 0.0640. The Kier molecular flexibility index (Phi) is 7.25. The molecule has 0 spiro atoms. The maximum atomic E-state index is 12.5. The number of nitrogens with zero attached hydrogens (tertiary/aromatic N) is 3. The average molecular weight is 477 g/mol. The first-order valence-electron chi connectivity index (χ1n) is 10.1. The third kappa shape index (κ3) is 4.89. The van der Waals surface area contributed by atoms with Crippen molar-refractivity contribution in [3.05, 3.63) is 61.0 Å². The summed E-state index contributed by atoms with van der Waals surface area (Å²) in [5.41, 5.74) is 0.572. The van der Waals surface area contributed by atoms with Crippen LogP contribution in [0.25, 0.3) is 11.2 Å². The molecule has 2 aromatic heterocycles. The number of carbonyl (C=O) groups excluding carboxylic acids is 1. The molecule has 30 heavy (non-hydrogen) atoms. The zero-order chi connectivity index (χ0) is 21.7. The average Bonchev–Trinajstić information content (AvgIpc) is 3.07. The van der Waals surface area contributed by atoms with E-state index in [4.69, 9.17) is 4.74 Å². The highest BCUT2D eigenvalue weighted by molar-refractivity contribution is 9.10. The SMILES string of the molecule is CCCCn1c(=O)[nH]c(=O)c2c1nc(COC(=O)Cc1ccc(Br)cc1)n2CCC. The molecule has 1 aromatic carbocycles. The molecule has 8 nitrogen and oxygen atoms in total. The number of ether oxygens (including phenoxy) is 1. The summed E-state index contributed by atoms with van der Waals surface area (Å²) < 4.78 is 9.60. The van der Waals surface area contributed by atoms with Crippen LogP contribution < -0.4 is 11.2 Å². The Hall–Kier alpha value is -2.68. The molecule has 0 aliphatic heterocycles. The minimum atomic E-state index is -0.476. The van der Waals surface area contributed by atoms with E-state index in [1.807, 2.05) is 38.1 Å². The Bertz CT molecular complexity index is 1140. The van der Waals surface area contributed by atoms with Crippen molar-refractivity contribution in [2.24, 2.45) is 0 Å². The number of imidazole rings is 1. The van der Waals surface area contributed by atoms with Gasteiger partial charge in [0.25, 0.3) is 5.56 Å². The topological polar surface area (TPSA) is 99.0 Å². The van der Waals surface area contributed by atoms with Crippen LogP contribution in [-0.2, 0) is 35.6 Å². The van der Waals surface area contributed by atoms with Gasteiger partial charge in [-0.15, -0.1) is 0 Å². The molecule has 3 aromatic rings. The van der Waals surface area contributed by atoms with Crippen molar-refractivity contribution in [2.45, 2.75) is 59.2 Å². The van der Waals surface area contributed by atoms with E-state index in [0.717, 1.165) is 29.3 Å². The first-order valence-corrected chi connectivity index (χ1v) is 10.9. The molecule has 9 heteroatoms. The molecular weight excluding hydrogens is 452 g/mol. The number of esters is 1. The molecule has 0 atom stereocenters. The number of halogens is 1. The van der Waals surface area contributed by atoms with E-state index in [2.05, 4.69) is 25.9 Å². The van der Waals surface area contributed by atoms with E-state index in [0.29, 0.717) is 30.1 Å². The molecule has 0 radical (unpaired) electrons. The van der Waals surface area contributed by atoms with Crippen LogP contribution in [0.4, 0.5) is 0 Å². The number of aromatic nitrogens is 4. The third-order valence-electron chi connectivity index (χ3n) is 4.77. The quantitative estimate of drug-likeness (QED) is 0.478. The van der Waals surface area contributed by atoms with Crippen LogP contribution in [0.3, 0.4) is 0 Å². The summed E-state index contributed by atoms with van der Waals surface area (Å²) in [5, 5.41) is 0. The van der Waals surface area contributed by atoms with Crippen LogP contribution in [0, 0.1) is 0 Å². The third-order valence-corrected chi connectivity index (χ3v) is 5.30. The number of rotatable bonds is 9. The van der Waals surface area contributed by atoms with E-state index < -0.39 is 11.2 Å². The zero-order valence-corrected chi connectivity index (χ0v) is 18.7. The lowest BCUT2D eigenvalue weighted by Gasteiger charge is -2.08. The van der Waals surface area contributed by atoms with Crippen LogP contribution in [0.5, 0.6) is 0 Å². The van der Waals surface area contributed by atoms with Crippen molar-refractivity contribution in [3.8, 4) is 0 Å². The fraction of sp³-hybridized carbons (Fsp3) is 0.429. The van der Waals surface area contributed by atoms with E-state index in [1.54, 1.807) is 4.57 Å². The summed E-state index contributed by atoms with van der Waals surface area (Å²) in [5.74, 6) is 0.0714. The minimum Gasteiger partial charge on any atom is -0.457 e. The predicted octanol–water partition coefficient (Wildman–Crippen LogP) is 3.14. The molecule has 0 fully saturated rings. The molecule has 0 aliphatic rings. The molecule has 0 saturated carbocycles. The van der Waals surface area contributed by atoms with Crippen molar-refractivity contribution in [2.75, 3.05) is 0 Å². The number of benzene rings is 1. The van der Waals surface area contributed by atoms with Gasteiger partial charge in [0, 0.05) is 17.6 Å². The van der Waals surface area contributed by atoms with Gasteiger partial charge in [0.15, 0.2) is 11.2 Å². The van der Waals surface area contributed by atoms with Gasteiger partial charge in [0.05, 0.1) is 6.42 Å². The van der Waals surface area contributed by atoms with E-state index in [9.17, 15) is 14.4 Å². The van der Waals surface area contributed by atoms with Crippen LogP contribution in [-0.4, -0.2) is 25.1 Å². The smallest absolute Gasteiger partial charge is 0.330 e. The number of H-pyrrole nitrogens is 1. The van der Waals surface area contributed by atoms with E-state index in [-0.39, 0.29) is 19.0 Å². The molecule has 0 saturated heterocycles. The number of fused-ring (bicyclic) bond motifs is 1. The Morgan fingerprint density at radius 3 is 2.50 bits per heavy atom. The van der Waals surface area contributed by atoms with Gasteiger partial charge in [-0.3, -0.25) is 19.1 Å². The molecule has 3 rings (SSSR count). The number of aromatic amines is 1. The zero-order valence-electron chi connectivity index (χ0n) is 17.1. The number of hydrogen-bond donors (Lipinski definition) is 1. The normalized spacial score (nSPS) is 11.2. The lowest BCUT2D eigenvalue weighted by molar-refractivity contribution is -0.144. The Morgan fingerprint density at radius 2 is 1.83 bits per heavy atom. The van der Waals surface area contributed by atoms with E-state index >= 15 is 0 Å². The van der Waals surface area contributed by atoms with Gasteiger partial charge in [-0.2, -0.15) is 0 Å². The summed E-state index contributed by atoms with van der Waals surface area (Å²) in [4.78, 5) is 44.0. The molecule has 0 aliphatic carbocycles. The second-order valence-electron chi connectivity index (χ2n) is 7.08. The van der Waals surface area contributed by atoms with Gasteiger partial charge in [-0.1, -0.05) is 48.3 Å². The van der Waals surface area contributed by atoms with Gasteiger partial charge in [0.1, 0.15) is 12.4 Å². The molecule has 160 valence electrons. The van der Waals surface area contributed by atoms with Gasteiger partial charge < -0.3 is 9.30 Å². The largest absolute Gasteiger partial charge is 0.457 e. The highest BCUT2D eigenvalue weighted by Gasteiger charge is 2.19. The molecular formula is C21H25BrN4O4. The summed E-state index contributed by atoms with van der Waals surface area (Å²) in [6.45, 7) is 4.95. The van der Waals surface area contributed by atoms with Crippen LogP contribution >= 0.6 is 15.9 Å². The summed E-state index contributed by atoms with van der Waals surface area (Å²) in [6, 6.07) is 7.43. The Morgan fingerprint density at radius 1 is 1.10 bits per heavy atom. The Labute approximate surface area is 182 Å². The second-order valence-corrected chi connectivity index (χ2v) is 8.00. The molecule has 0 bridgehead atoms. The fourth-order valence-electron chi connectivity index (χ4n) is 3.28. The number of carbonyl (C=O) groups is 1. The van der Waals surface area contributed by atoms with Crippen molar-refractivity contribution in [1.29, 1.82) is 0 Å². The van der Waals surface area contributed by atoms with Crippen molar-refractivity contribution < 1.29 is 9.53 Å². The summed E-state index contributed by atoms with van der Waals surface area (Å²) in [6.07, 6.45) is 2.60. The standard InChI is InChI=1S/C21H25BrN4O4/c1-3-5-11-26-19-18(20(28)24-21(26)29)25(10-4-2)16(23-19)13-30-17(27)12-14-6-8-15(22)9-7-14/h6-9H,3-5,10-13H2,1-2H3,(H,24,28,29). The molecule has 0 amide bonds. The number of nitrogens with one attached hydrogen (secondary N) is 1. The highest BCUT2D eigenvalue weighted by atomic mass is 79.9. The maximum Gasteiger partial charge on any atom is 0.330 e. The number of unbranched alkanes of at least 4 members (excludes halogenated alkanes) is 1. The summed E-state index contributed by atoms with van der Waals surface area (Å²) >= 11 is 3.37. The fourth-order valence-corrected chi connectivity index (χ4v) is 3.55. The van der Waals surface area contributed by atoms with Crippen molar-refractivity contribution in [1.82, 2.24) is 19.1 Å². The second kappa shape index (κ2) is 9.88. The number of aryl methyl sites for hydroxylation is 2. The first-order chi connectivity index (χ1) is 14.4. The highest BCUT2D eigenvalue weighted by Crippen LogP contribution is 2.15. The molecule has 2 heterocycles. The van der Waals surface area contributed by atoms with Crippen LogP contribution in [0.15, 0.2) is 38.3 Å².